The van der Waals surface area contributed by atoms with Crippen LogP contribution in [0.15, 0.2) is 47.3 Å². The van der Waals surface area contributed by atoms with E-state index in [1.165, 1.54) is 44.9 Å². The Morgan fingerprint density at radius 2 is 1.86 bits per heavy atom. The smallest absolute Gasteiger partial charge is 0.338 e. The number of aryl methyl sites for hydroxylation is 1. The SMILES string of the molecule is C1COC1.COC(=O)c1cc(OC)c2nc(Cc3cc(F)c(-c4cccc(=O)[nH]4)cc3F)n(C)c2c1. The number of rotatable bonds is 5. The molecule has 1 saturated heterocycles. The summed E-state index contributed by atoms with van der Waals surface area (Å²) in [6.45, 7) is 2.00. The number of benzene rings is 2. The molecule has 2 aromatic carbocycles. The van der Waals surface area contributed by atoms with Gasteiger partial charge in [-0.25, -0.2) is 18.6 Å². The predicted octanol–water partition coefficient (Wildman–Crippen LogP) is 4.00. The first kappa shape index (κ1) is 25.1. The summed E-state index contributed by atoms with van der Waals surface area (Å²) in [7, 11) is 4.44. The lowest BCUT2D eigenvalue weighted by Gasteiger charge is -2.09. The van der Waals surface area contributed by atoms with Crippen molar-refractivity contribution in [2.45, 2.75) is 12.8 Å². The van der Waals surface area contributed by atoms with Crippen LogP contribution in [0.5, 0.6) is 5.75 Å². The molecule has 3 heterocycles. The Labute approximate surface area is 205 Å². The Bertz CT molecular complexity index is 1470. The number of fused-ring (bicyclic) bond motifs is 1. The Morgan fingerprint density at radius 1 is 1.14 bits per heavy atom. The van der Waals surface area contributed by atoms with E-state index in [4.69, 9.17) is 14.2 Å². The maximum atomic E-state index is 14.9. The number of H-pyrrole nitrogens is 1. The van der Waals surface area contributed by atoms with Gasteiger partial charge in [0.25, 0.3) is 0 Å². The zero-order chi connectivity index (χ0) is 25.8. The van der Waals surface area contributed by atoms with Gasteiger partial charge in [0.15, 0.2) is 0 Å². The van der Waals surface area contributed by atoms with E-state index < -0.39 is 23.2 Å². The quantitative estimate of drug-likeness (QED) is 0.419. The molecule has 1 aliphatic heterocycles. The van der Waals surface area contributed by atoms with E-state index in [0.717, 1.165) is 25.3 Å². The zero-order valence-electron chi connectivity index (χ0n) is 20.1. The van der Waals surface area contributed by atoms with Gasteiger partial charge in [-0.3, -0.25) is 4.79 Å². The third kappa shape index (κ3) is 5.13. The van der Waals surface area contributed by atoms with Crippen LogP contribution < -0.4 is 10.3 Å². The first-order chi connectivity index (χ1) is 17.3. The number of pyridine rings is 1. The number of methoxy groups -OCH3 is 2. The molecule has 36 heavy (non-hydrogen) atoms. The van der Waals surface area contributed by atoms with Crippen molar-refractivity contribution in [3.05, 3.63) is 81.4 Å². The van der Waals surface area contributed by atoms with Crippen LogP contribution in [-0.2, 0) is 22.9 Å². The van der Waals surface area contributed by atoms with Crippen LogP contribution >= 0.6 is 0 Å². The highest BCUT2D eigenvalue weighted by Gasteiger charge is 2.19. The van der Waals surface area contributed by atoms with Gasteiger partial charge in [-0.1, -0.05) is 6.07 Å². The number of hydrogen-bond donors (Lipinski definition) is 1. The van der Waals surface area contributed by atoms with E-state index in [1.54, 1.807) is 17.7 Å². The maximum Gasteiger partial charge on any atom is 0.338 e. The monoisotopic (exact) mass is 497 g/mol. The van der Waals surface area contributed by atoms with Crippen molar-refractivity contribution >= 4 is 17.0 Å². The van der Waals surface area contributed by atoms with Gasteiger partial charge in [0, 0.05) is 38.3 Å². The second kappa shape index (κ2) is 10.7. The summed E-state index contributed by atoms with van der Waals surface area (Å²) < 4.78 is 46.2. The van der Waals surface area contributed by atoms with Crippen molar-refractivity contribution in [2.75, 3.05) is 27.4 Å². The van der Waals surface area contributed by atoms with Crippen molar-refractivity contribution in [1.29, 1.82) is 0 Å². The number of aromatic amines is 1. The highest BCUT2D eigenvalue weighted by atomic mass is 19.1. The van der Waals surface area contributed by atoms with Crippen molar-refractivity contribution in [3.8, 4) is 17.0 Å². The first-order valence-corrected chi connectivity index (χ1v) is 11.2. The molecule has 1 fully saturated rings. The molecule has 188 valence electrons. The third-order valence-electron chi connectivity index (χ3n) is 5.81. The van der Waals surface area contributed by atoms with Gasteiger partial charge in [0.05, 0.1) is 31.0 Å². The van der Waals surface area contributed by atoms with E-state index in [1.807, 2.05) is 0 Å². The molecule has 0 aliphatic carbocycles. The third-order valence-corrected chi connectivity index (χ3v) is 5.81. The van der Waals surface area contributed by atoms with E-state index in [2.05, 4.69) is 9.97 Å². The molecule has 8 nitrogen and oxygen atoms in total. The fourth-order valence-corrected chi connectivity index (χ4v) is 3.70. The van der Waals surface area contributed by atoms with Gasteiger partial charge in [-0.2, -0.15) is 0 Å². The van der Waals surface area contributed by atoms with Crippen molar-refractivity contribution in [3.63, 3.8) is 0 Å². The summed E-state index contributed by atoms with van der Waals surface area (Å²) in [6, 6.07) is 9.51. The molecule has 0 saturated carbocycles. The molecule has 2 aromatic heterocycles. The molecule has 1 aliphatic rings. The van der Waals surface area contributed by atoms with Crippen molar-refractivity contribution < 1.29 is 27.8 Å². The molecule has 0 radical (unpaired) electrons. The number of aromatic nitrogens is 3. The van der Waals surface area contributed by atoms with Gasteiger partial charge < -0.3 is 23.8 Å². The summed E-state index contributed by atoms with van der Waals surface area (Å²) in [5.74, 6) is -1.04. The van der Waals surface area contributed by atoms with Crippen LogP contribution in [0.3, 0.4) is 0 Å². The Balaban J connectivity index is 0.000000692. The van der Waals surface area contributed by atoms with Gasteiger partial charge in [-0.05, 0) is 42.3 Å². The number of nitrogens with zero attached hydrogens (tertiary/aromatic N) is 2. The summed E-state index contributed by atoms with van der Waals surface area (Å²) in [5, 5.41) is 0. The second-order valence-corrected chi connectivity index (χ2v) is 8.12. The highest BCUT2D eigenvalue weighted by Crippen LogP contribution is 2.30. The molecule has 10 heteroatoms. The number of nitrogens with one attached hydrogen (secondary N) is 1. The van der Waals surface area contributed by atoms with Gasteiger partial charge in [0.2, 0.25) is 5.56 Å². The van der Waals surface area contributed by atoms with Gasteiger partial charge >= 0.3 is 5.97 Å². The Morgan fingerprint density at radius 3 is 2.47 bits per heavy atom. The summed E-state index contributed by atoms with van der Waals surface area (Å²) in [5.41, 5.74) is 1.17. The summed E-state index contributed by atoms with van der Waals surface area (Å²) in [4.78, 5) is 30.5. The van der Waals surface area contributed by atoms with Crippen LogP contribution in [-0.4, -0.2) is 47.9 Å². The van der Waals surface area contributed by atoms with Crippen LogP contribution in [0, 0.1) is 11.6 Å². The van der Waals surface area contributed by atoms with E-state index >= 15 is 0 Å². The zero-order valence-corrected chi connectivity index (χ0v) is 20.1. The molecule has 0 amide bonds. The maximum absolute atomic E-state index is 14.9. The topological polar surface area (TPSA) is 95.4 Å². The van der Waals surface area contributed by atoms with Crippen LogP contribution in [0.4, 0.5) is 8.78 Å². The minimum Gasteiger partial charge on any atom is -0.494 e. The standard InChI is InChI=1S/C23H19F2N3O4.C3H6O/c1-28-18-8-13(23(30)32-3)9-19(31-2)22(18)27-20(28)10-12-7-16(25)14(11-15(12)24)17-5-4-6-21(29)26-17;1-2-4-3-1/h4-9,11H,10H2,1-3H3,(H,26,29);1-3H2. The second-order valence-electron chi connectivity index (χ2n) is 8.12. The summed E-state index contributed by atoms with van der Waals surface area (Å²) in [6.07, 6.45) is 1.27. The molecular weight excluding hydrogens is 472 g/mol. The number of imidazole rings is 1. The largest absolute Gasteiger partial charge is 0.494 e. The van der Waals surface area contributed by atoms with E-state index in [-0.39, 0.29) is 28.8 Å². The number of esters is 1. The Kier molecular flexibility index (Phi) is 7.44. The number of carbonyl (C=O) groups is 1. The van der Waals surface area contributed by atoms with Crippen LogP contribution in [0.25, 0.3) is 22.3 Å². The van der Waals surface area contributed by atoms with Crippen molar-refractivity contribution in [2.24, 2.45) is 7.05 Å². The van der Waals surface area contributed by atoms with E-state index in [9.17, 15) is 18.4 Å². The molecular formula is C26H25F2N3O5. The van der Waals surface area contributed by atoms with Gasteiger partial charge in [0.1, 0.15) is 28.7 Å². The normalized spacial score (nSPS) is 12.5. The summed E-state index contributed by atoms with van der Waals surface area (Å²) >= 11 is 0. The Hall–Kier alpha value is -4.05. The van der Waals surface area contributed by atoms with Crippen LogP contribution in [0.2, 0.25) is 0 Å². The van der Waals surface area contributed by atoms with Gasteiger partial charge in [-0.15, -0.1) is 0 Å². The van der Waals surface area contributed by atoms with Crippen LogP contribution in [0.1, 0.15) is 28.2 Å². The molecule has 1 N–H and O–H groups in total. The molecule has 5 rings (SSSR count). The number of hydrogen-bond acceptors (Lipinski definition) is 6. The fraction of sp³-hybridized carbons (Fsp3) is 0.269. The average molecular weight is 497 g/mol. The lowest BCUT2D eigenvalue weighted by molar-refractivity contribution is 0.0367. The molecule has 0 bridgehead atoms. The molecule has 0 spiro atoms. The number of halogens is 2. The minimum atomic E-state index is -0.674. The van der Waals surface area contributed by atoms with Crippen molar-refractivity contribution in [1.82, 2.24) is 14.5 Å². The molecule has 0 unspecified atom stereocenters. The lowest BCUT2D eigenvalue weighted by atomic mass is 10.0. The fourth-order valence-electron chi connectivity index (χ4n) is 3.70. The minimum absolute atomic E-state index is 0.00374. The first-order valence-electron chi connectivity index (χ1n) is 11.2. The molecule has 4 aromatic rings. The number of ether oxygens (including phenoxy) is 3. The predicted molar refractivity (Wildman–Crippen MR) is 129 cm³/mol. The average Bonchev–Trinajstić information content (AvgIpc) is 3.14. The highest BCUT2D eigenvalue weighted by molar-refractivity contribution is 5.96. The molecule has 0 atom stereocenters. The van der Waals surface area contributed by atoms with E-state index in [0.29, 0.717) is 22.6 Å². The lowest BCUT2D eigenvalue weighted by Crippen LogP contribution is -2.09. The number of carbonyl (C=O) groups excluding carboxylic acids is 1.